The Morgan fingerprint density at radius 3 is 2.53 bits per heavy atom. The minimum Gasteiger partial charge on any atom is -0.322 e. The number of benzene rings is 1. The van der Waals surface area contributed by atoms with Gasteiger partial charge in [-0.15, -0.1) is 22.9 Å². The molecule has 2 aromatic rings. The molecular formula is C13H9Cl2NO2S. The van der Waals surface area contributed by atoms with E-state index in [9.17, 15) is 9.59 Å². The van der Waals surface area contributed by atoms with E-state index in [0.717, 1.165) is 0 Å². The smallest absolute Gasteiger partial charge is 0.239 e. The number of hydrogen-bond donors (Lipinski definition) is 1. The van der Waals surface area contributed by atoms with E-state index < -0.39 is 5.91 Å². The van der Waals surface area contributed by atoms with Crippen LogP contribution >= 0.6 is 34.5 Å². The number of thiophene rings is 1. The van der Waals surface area contributed by atoms with Gasteiger partial charge in [-0.05, 0) is 0 Å². The number of amides is 1. The van der Waals surface area contributed by atoms with Crippen LogP contribution in [0, 0.1) is 0 Å². The van der Waals surface area contributed by atoms with Crippen molar-refractivity contribution < 1.29 is 9.59 Å². The second-order valence-electron chi connectivity index (χ2n) is 3.66. The molecule has 0 radical (unpaired) electrons. The fraction of sp³-hybridized carbons (Fsp3) is 0.0769. The van der Waals surface area contributed by atoms with Crippen LogP contribution in [0.2, 0.25) is 5.02 Å². The maximum Gasteiger partial charge on any atom is 0.239 e. The van der Waals surface area contributed by atoms with E-state index >= 15 is 0 Å². The first-order valence-electron chi connectivity index (χ1n) is 5.36. The van der Waals surface area contributed by atoms with Crippen LogP contribution in [0.1, 0.15) is 15.2 Å². The van der Waals surface area contributed by atoms with Gasteiger partial charge >= 0.3 is 0 Å². The summed E-state index contributed by atoms with van der Waals surface area (Å²) in [7, 11) is 0. The Bertz CT molecular complexity index is 610. The molecule has 0 spiro atoms. The summed E-state index contributed by atoms with van der Waals surface area (Å²) >= 11 is 12.6. The molecule has 0 fully saturated rings. The highest BCUT2D eigenvalue weighted by molar-refractivity contribution is 7.13. The van der Waals surface area contributed by atoms with Crippen molar-refractivity contribution in [3.63, 3.8) is 0 Å². The number of ketones is 1. The minimum atomic E-state index is -0.399. The van der Waals surface area contributed by atoms with Crippen molar-refractivity contribution in [3.8, 4) is 0 Å². The first-order valence-corrected chi connectivity index (χ1v) is 7.15. The van der Waals surface area contributed by atoms with E-state index in [1.165, 1.54) is 11.3 Å². The average Bonchev–Trinajstić information content (AvgIpc) is 2.80. The molecule has 0 aliphatic heterocycles. The van der Waals surface area contributed by atoms with Crippen molar-refractivity contribution in [2.75, 3.05) is 11.2 Å². The third kappa shape index (κ3) is 3.15. The normalized spacial score (nSPS) is 10.2. The van der Waals surface area contributed by atoms with Crippen molar-refractivity contribution in [1.82, 2.24) is 0 Å². The molecule has 0 saturated heterocycles. The van der Waals surface area contributed by atoms with E-state index in [4.69, 9.17) is 23.2 Å². The number of carbonyl (C=O) groups is 2. The summed E-state index contributed by atoms with van der Waals surface area (Å²) < 4.78 is 0. The first kappa shape index (κ1) is 14.1. The Morgan fingerprint density at radius 2 is 1.89 bits per heavy atom. The van der Waals surface area contributed by atoms with Crippen molar-refractivity contribution in [1.29, 1.82) is 0 Å². The number of halogens is 2. The first-order chi connectivity index (χ1) is 9.13. The van der Waals surface area contributed by atoms with Gasteiger partial charge in [-0.3, -0.25) is 9.59 Å². The molecule has 1 aromatic heterocycles. The molecule has 1 heterocycles. The molecule has 98 valence electrons. The van der Waals surface area contributed by atoms with Crippen LogP contribution in [0.3, 0.4) is 0 Å². The number of rotatable bonds is 4. The highest BCUT2D eigenvalue weighted by atomic mass is 35.5. The Balaban J connectivity index is 2.35. The van der Waals surface area contributed by atoms with Crippen molar-refractivity contribution >= 4 is 51.9 Å². The van der Waals surface area contributed by atoms with Crippen LogP contribution in [0.5, 0.6) is 0 Å². The molecule has 1 N–H and O–H groups in total. The van der Waals surface area contributed by atoms with E-state index in [-0.39, 0.29) is 11.7 Å². The largest absolute Gasteiger partial charge is 0.322 e. The van der Waals surface area contributed by atoms with Gasteiger partial charge in [0, 0.05) is 10.9 Å². The zero-order valence-electron chi connectivity index (χ0n) is 9.65. The molecule has 0 unspecified atom stereocenters. The number of nitrogens with one attached hydrogen (secondary N) is 1. The van der Waals surface area contributed by atoms with Gasteiger partial charge in [0.25, 0.3) is 0 Å². The molecule has 0 aliphatic carbocycles. The second-order valence-corrected chi connectivity index (χ2v) is 5.22. The third-order valence-corrected chi connectivity index (χ3v) is 4.02. The van der Waals surface area contributed by atoms with Gasteiger partial charge in [-0.2, -0.15) is 0 Å². The molecule has 1 aromatic carbocycles. The van der Waals surface area contributed by atoms with Crippen molar-refractivity contribution in [2.24, 2.45) is 0 Å². The minimum absolute atomic E-state index is 0.178. The SMILES string of the molecule is O=C(CCl)Nc1c(Cl)csc1C(=O)c1ccccc1. The third-order valence-electron chi connectivity index (χ3n) is 2.37. The summed E-state index contributed by atoms with van der Waals surface area (Å²) in [6.45, 7) is 0. The van der Waals surface area contributed by atoms with E-state index in [2.05, 4.69) is 5.32 Å². The molecule has 2 rings (SSSR count). The maximum atomic E-state index is 12.3. The number of carbonyl (C=O) groups excluding carboxylic acids is 2. The van der Waals surface area contributed by atoms with Crippen molar-refractivity contribution in [2.45, 2.75) is 0 Å². The highest BCUT2D eigenvalue weighted by Gasteiger charge is 2.19. The van der Waals surface area contributed by atoms with Gasteiger partial charge in [-0.1, -0.05) is 41.9 Å². The zero-order valence-corrected chi connectivity index (χ0v) is 12.0. The maximum absolute atomic E-state index is 12.3. The van der Waals surface area contributed by atoms with Gasteiger partial charge in [0.15, 0.2) is 0 Å². The van der Waals surface area contributed by atoms with Crippen molar-refractivity contribution in [3.05, 3.63) is 51.2 Å². The fourth-order valence-electron chi connectivity index (χ4n) is 1.51. The molecule has 0 aliphatic rings. The van der Waals surface area contributed by atoms with Crippen LogP contribution in [0.25, 0.3) is 0 Å². The van der Waals surface area contributed by atoms with E-state index in [1.807, 2.05) is 6.07 Å². The monoisotopic (exact) mass is 313 g/mol. The summed E-state index contributed by atoms with van der Waals surface area (Å²) in [6.07, 6.45) is 0. The molecular weight excluding hydrogens is 305 g/mol. The Hall–Kier alpha value is -1.36. The lowest BCUT2D eigenvalue weighted by atomic mass is 10.1. The summed E-state index contributed by atoms with van der Waals surface area (Å²) in [5, 5.41) is 4.49. The van der Waals surface area contributed by atoms with Crippen LogP contribution < -0.4 is 5.32 Å². The molecule has 3 nitrogen and oxygen atoms in total. The van der Waals surface area contributed by atoms with Gasteiger partial charge in [-0.25, -0.2) is 0 Å². The lowest BCUT2D eigenvalue weighted by Gasteiger charge is -2.05. The second kappa shape index (κ2) is 6.19. The molecule has 19 heavy (non-hydrogen) atoms. The zero-order chi connectivity index (χ0) is 13.8. The quantitative estimate of drug-likeness (QED) is 0.689. The van der Waals surface area contributed by atoms with Crippen LogP contribution in [0.4, 0.5) is 5.69 Å². The Labute approximate surface area is 124 Å². The summed E-state index contributed by atoms with van der Waals surface area (Å²) in [4.78, 5) is 24.0. The molecule has 0 bridgehead atoms. The van der Waals surface area contributed by atoms with Crippen LogP contribution in [-0.2, 0) is 4.79 Å². The standard InChI is InChI=1S/C13H9Cl2NO2S/c14-6-10(17)16-11-9(15)7-19-13(11)12(18)8-4-2-1-3-5-8/h1-5,7H,6H2,(H,16,17). The number of alkyl halides is 1. The van der Waals surface area contributed by atoms with E-state index in [1.54, 1.807) is 29.6 Å². The Kier molecular flexibility index (Phi) is 4.58. The topological polar surface area (TPSA) is 46.2 Å². The predicted molar refractivity (Wildman–Crippen MR) is 78.6 cm³/mol. The van der Waals surface area contributed by atoms with Gasteiger partial charge in [0.05, 0.1) is 10.7 Å². The molecule has 0 atom stereocenters. The molecule has 0 saturated carbocycles. The Morgan fingerprint density at radius 1 is 1.21 bits per heavy atom. The average molecular weight is 314 g/mol. The van der Waals surface area contributed by atoms with Crippen LogP contribution in [-0.4, -0.2) is 17.6 Å². The van der Waals surface area contributed by atoms with E-state index in [0.29, 0.717) is 21.2 Å². The summed E-state index contributed by atoms with van der Waals surface area (Å²) in [5.74, 6) is -0.767. The lowest BCUT2D eigenvalue weighted by molar-refractivity contribution is -0.113. The summed E-state index contributed by atoms with van der Waals surface area (Å²) in [5.41, 5.74) is 0.869. The summed E-state index contributed by atoms with van der Waals surface area (Å²) in [6, 6.07) is 8.81. The molecule has 1 amide bonds. The van der Waals surface area contributed by atoms with Crippen LogP contribution in [0.15, 0.2) is 35.7 Å². The molecule has 6 heteroatoms. The predicted octanol–water partition coefficient (Wildman–Crippen LogP) is 3.81. The highest BCUT2D eigenvalue weighted by Crippen LogP contribution is 2.34. The van der Waals surface area contributed by atoms with Gasteiger partial charge < -0.3 is 5.32 Å². The fourth-order valence-corrected chi connectivity index (χ4v) is 2.76. The van der Waals surface area contributed by atoms with Gasteiger partial charge in [0.2, 0.25) is 11.7 Å². The number of hydrogen-bond acceptors (Lipinski definition) is 3. The number of anilines is 1. The lowest BCUT2D eigenvalue weighted by Crippen LogP contribution is -2.14. The van der Waals surface area contributed by atoms with Gasteiger partial charge in [0.1, 0.15) is 10.8 Å².